The molecular weight excluding hydrogens is 230 g/mol. The van der Waals surface area contributed by atoms with Gasteiger partial charge in [0.05, 0.1) is 13.2 Å². The number of nitrogens with one attached hydrogen (secondary N) is 1. The van der Waals surface area contributed by atoms with Crippen LogP contribution in [0.4, 0.5) is 5.95 Å². The Morgan fingerprint density at radius 3 is 2.83 bits per heavy atom. The first-order valence-corrected chi connectivity index (χ1v) is 6.51. The molecule has 1 aromatic rings. The molecule has 1 heterocycles. The number of rotatable bonds is 7. The first-order chi connectivity index (χ1) is 8.67. The molecule has 1 aliphatic rings. The van der Waals surface area contributed by atoms with Gasteiger partial charge in [0.1, 0.15) is 0 Å². The van der Waals surface area contributed by atoms with Crippen molar-refractivity contribution in [3.63, 3.8) is 0 Å². The largest absolute Gasteiger partial charge is 0.478 e. The maximum Gasteiger partial charge on any atom is 0.226 e. The fourth-order valence-electron chi connectivity index (χ4n) is 1.73. The molecule has 1 saturated carbocycles. The lowest BCUT2D eigenvalue weighted by atomic mass is 10.1. The van der Waals surface area contributed by atoms with E-state index in [0.717, 1.165) is 31.5 Å². The normalized spacial score (nSPS) is 16.4. The molecule has 5 heteroatoms. The SMILES string of the molecule is CCCOc1cc(C)nc(NCC2(CO)CC2)n1. The number of aliphatic hydroxyl groups excluding tert-OH is 1. The van der Waals surface area contributed by atoms with Gasteiger partial charge in [0.25, 0.3) is 0 Å². The highest BCUT2D eigenvalue weighted by molar-refractivity contribution is 5.31. The molecule has 1 aromatic heterocycles. The zero-order valence-electron chi connectivity index (χ0n) is 11.1. The van der Waals surface area contributed by atoms with E-state index in [0.29, 0.717) is 18.4 Å². The third kappa shape index (κ3) is 3.32. The van der Waals surface area contributed by atoms with Gasteiger partial charge in [-0.1, -0.05) is 6.92 Å². The summed E-state index contributed by atoms with van der Waals surface area (Å²) in [4.78, 5) is 8.63. The van der Waals surface area contributed by atoms with Crippen LogP contribution in [0.2, 0.25) is 0 Å². The Kier molecular flexibility index (Phi) is 4.01. The average molecular weight is 251 g/mol. The topological polar surface area (TPSA) is 67.3 Å². The minimum Gasteiger partial charge on any atom is -0.478 e. The highest BCUT2D eigenvalue weighted by atomic mass is 16.5. The number of hydrogen-bond donors (Lipinski definition) is 2. The number of aromatic nitrogens is 2. The minimum atomic E-state index is 0.0531. The monoisotopic (exact) mass is 251 g/mol. The first-order valence-electron chi connectivity index (χ1n) is 6.51. The van der Waals surface area contributed by atoms with E-state index in [-0.39, 0.29) is 12.0 Å². The Bertz CT molecular complexity index is 405. The van der Waals surface area contributed by atoms with Crippen molar-refractivity contribution >= 4 is 5.95 Å². The summed E-state index contributed by atoms with van der Waals surface area (Å²) in [6, 6.07) is 1.83. The molecule has 0 bridgehead atoms. The fraction of sp³-hybridized carbons (Fsp3) is 0.692. The second-order valence-electron chi connectivity index (χ2n) is 5.03. The van der Waals surface area contributed by atoms with E-state index in [2.05, 4.69) is 22.2 Å². The third-order valence-electron chi connectivity index (χ3n) is 3.20. The lowest BCUT2D eigenvalue weighted by Crippen LogP contribution is -2.20. The van der Waals surface area contributed by atoms with Gasteiger partial charge < -0.3 is 15.2 Å². The molecule has 2 rings (SSSR count). The number of anilines is 1. The van der Waals surface area contributed by atoms with Crippen LogP contribution in [0.25, 0.3) is 0 Å². The number of nitrogens with zero attached hydrogens (tertiary/aromatic N) is 2. The van der Waals surface area contributed by atoms with Gasteiger partial charge in [-0.15, -0.1) is 0 Å². The van der Waals surface area contributed by atoms with Crippen LogP contribution >= 0.6 is 0 Å². The first kappa shape index (κ1) is 13.1. The van der Waals surface area contributed by atoms with Crippen LogP contribution in [0.1, 0.15) is 31.9 Å². The van der Waals surface area contributed by atoms with Gasteiger partial charge in [-0.3, -0.25) is 0 Å². The van der Waals surface area contributed by atoms with Gasteiger partial charge in [0, 0.05) is 23.7 Å². The molecule has 1 aliphatic carbocycles. The summed E-state index contributed by atoms with van der Waals surface area (Å²) in [6.07, 6.45) is 3.10. The van der Waals surface area contributed by atoms with Gasteiger partial charge in [-0.05, 0) is 26.2 Å². The number of aryl methyl sites for hydroxylation is 1. The maximum atomic E-state index is 9.25. The van der Waals surface area contributed by atoms with Crippen LogP contribution in [0.15, 0.2) is 6.07 Å². The number of aliphatic hydroxyl groups is 1. The van der Waals surface area contributed by atoms with Crippen molar-refractivity contribution in [3.05, 3.63) is 11.8 Å². The predicted octanol–water partition coefficient (Wildman–Crippen LogP) is 1.76. The summed E-state index contributed by atoms with van der Waals surface area (Å²) >= 11 is 0. The molecule has 0 spiro atoms. The van der Waals surface area contributed by atoms with Crippen molar-refractivity contribution in [2.75, 3.05) is 25.1 Å². The molecule has 1 fully saturated rings. The Labute approximate surface area is 108 Å². The van der Waals surface area contributed by atoms with Gasteiger partial charge in [0.2, 0.25) is 11.8 Å². The summed E-state index contributed by atoms with van der Waals surface area (Å²) in [5.74, 6) is 1.20. The maximum absolute atomic E-state index is 9.25. The number of ether oxygens (including phenoxy) is 1. The molecule has 18 heavy (non-hydrogen) atoms. The summed E-state index contributed by atoms with van der Waals surface area (Å²) < 4.78 is 5.51. The Hall–Kier alpha value is -1.36. The van der Waals surface area contributed by atoms with E-state index in [1.54, 1.807) is 0 Å². The van der Waals surface area contributed by atoms with Gasteiger partial charge in [-0.25, -0.2) is 4.98 Å². The fourth-order valence-corrected chi connectivity index (χ4v) is 1.73. The molecule has 0 unspecified atom stereocenters. The third-order valence-corrected chi connectivity index (χ3v) is 3.20. The van der Waals surface area contributed by atoms with E-state index in [1.807, 2.05) is 13.0 Å². The van der Waals surface area contributed by atoms with E-state index < -0.39 is 0 Å². The van der Waals surface area contributed by atoms with Crippen LogP contribution in [-0.4, -0.2) is 34.8 Å². The summed E-state index contributed by atoms with van der Waals surface area (Å²) in [5, 5.41) is 12.4. The summed E-state index contributed by atoms with van der Waals surface area (Å²) in [7, 11) is 0. The molecule has 2 N–H and O–H groups in total. The number of hydrogen-bond acceptors (Lipinski definition) is 5. The molecule has 0 atom stereocenters. The lowest BCUT2D eigenvalue weighted by molar-refractivity contribution is 0.219. The van der Waals surface area contributed by atoms with Crippen LogP contribution in [0.5, 0.6) is 5.88 Å². The summed E-state index contributed by atoms with van der Waals surface area (Å²) in [5.41, 5.74) is 0.935. The highest BCUT2D eigenvalue weighted by Gasteiger charge is 2.41. The molecule has 5 nitrogen and oxygen atoms in total. The van der Waals surface area contributed by atoms with Crippen LogP contribution in [-0.2, 0) is 0 Å². The molecule has 100 valence electrons. The molecule has 0 amide bonds. The minimum absolute atomic E-state index is 0.0531. The van der Waals surface area contributed by atoms with Crippen LogP contribution < -0.4 is 10.1 Å². The molecular formula is C13H21N3O2. The zero-order valence-corrected chi connectivity index (χ0v) is 11.1. The van der Waals surface area contributed by atoms with Crippen LogP contribution in [0, 0.1) is 12.3 Å². The predicted molar refractivity (Wildman–Crippen MR) is 69.8 cm³/mol. The molecule has 0 aromatic carbocycles. The quantitative estimate of drug-likeness (QED) is 0.773. The van der Waals surface area contributed by atoms with E-state index >= 15 is 0 Å². The van der Waals surface area contributed by atoms with Crippen LogP contribution in [0.3, 0.4) is 0 Å². The Morgan fingerprint density at radius 1 is 1.44 bits per heavy atom. The van der Waals surface area contributed by atoms with Crippen molar-refractivity contribution in [3.8, 4) is 5.88 Å². The molecule has 0 radical (unpaired) electrons. The average Bonchev–Trinajstić information content (AvgIpc) is 3.14. The van der Waals surface area contributed by atoms with Crippen molar-refractivity contribution in [1.29, 1.82) is 0 Å². The van der Waals surface area contributed by atoms with E-state index in [4.69, 9.17) is 4.74 Å². The second kappa shape index (κ2) is 5.52. The van der Waals surface area contributed by atoms with Gasteiger partial charge >= 0.3 is 0 Å². The molecule has 0 saturated heterocycles. The van der Waals surface area contributed by atoms with Crippen molar-refractivity contribution < 1.29 is 9.84 Å². The van der Waals surface area contributed by atoms with Crippen molar-refractivity contribution in [2.24, 2.45) is 5.41 Å². The Balaban J connectivity index is 1.96. The standard InChI is InChI=1S/C13H21N3O2/c1-3-6-18-11-7-10(2)15-12(16-11)14-8-13(9-17)4-5-13/h7,17H,3-6,8-9H2,1-2H3,(H,14,15,16). The molecule has 0 aliphatic heterocycles. The highest BCUT2D eigenvalue weighted by Crippen LogP contribution is 2.44. The van der Waals surface area contributed by atoms with Crippen molar-refractivity contribution in [2.45, 2.75) is 33.1 Å². The lowest BCUT2D eigenvalue weighted by Gasteiger charge is -2.13. The smallest absolute Gasteiger partial charge is 0.226 e. The van der Waals surface area contributed by atoms with E-state index in [1.165, 1.54) is 0 Å². The van der Waals surface area contributed by atoms with E-state index in [9.17, 15) is 5.11 Å². The van der Waals surface area contributed by atoms with Crippen molar-refractivity contribution in [1.82, 2.24) is 9.97 Å². The van der Waals surface area contributed by atoms with Gasteiger partial charge in [0.15, 0.2) is 0 Å². The zero-order chi connectivity index (χ0) is 13.0. The summed E-state index contributed by atoms with van der Waals surface area (Å²) in [6.45, 7) is 5.59. The Morgan fingerprint density at radius 2 is 2.22 bits per heavy atom. The second-order valence-corrected chi connectivity index (χ2v) is 5.03. The van der Waals surface area contributed by atoms with Gasteiger partial charge in [-0.2, -0.15) is 4.98 Å².